The average Bonchev–Trinajstić information content (AvgIpc) is 3.03. The van der Waals surface area contributed by atoms with E-state index in [1.807, 2.05) is 61.5 Å². The average molecular weight is 371 g/mol. The molecule has 0 aliphatic heterocycles. The van der Waals surface area contributed by atoms with Crippen LogP contribution in [0.4, 0.5) is 5.69 Å². The van der Waals surface area contributed by atoms with Gasteiger partial charge in [0.05, 0.1) is 16.9 Å². The second kappa shape index (κ2) is 9.17. The number of anilines is 1. The van der Waals surface area contributed by atoms with Crippen LogP contribution in [0.25, 0.3) is 5.69 Å². The number of carbonyl (C=O) groups is 1. The molecule has 0 unspecified atom stereocenters. The van der Waals surface area contributed by atoms with Crippen molar-refractivity contribution in [1.29, 1.82) is 0 Å². The van der Waals surface area contributed by atoms with Crippen LogP contribution in [0, 0.1) is 6.92 Å². The molecule has 6 heteroatoms. The molecule has 1 heterocycles. The molecule has 0 radical (unpaired) electrons. The van der Waals surface area contributed by atoms with Gasteiger partial charge in [-0.25, -0.2) is 4.68 Å². The molecule has 1 amide bonds. The smallest absolute Gasteiger partial charge is 0.259 e. The number of rotatable bonds is 6. The number of halogens is 1. The van der Waals surface area contributed by atoms with Crippen molar-refractivity contribution in [2.75, 3.05) is 11.9 Å². The van der Waals surface area contributed by atoms with Crippen LogP contribution in [0.15, 0.2) is 60.8 Å². The highest BCUT2D eigenvalue weighted by molar-refractivity contribution is 6.05. The standard InChI is InChI=1S/C20H22N4O.ClH/c1-3-21-13-16-8-7-9-17(12-16)22-20(25)19-14-24(23-15(19)2)18-10-5-4-6-11-18;/h4-12,14,21H,3,13H2,1-2H3,(H,22,25);1H. The van der Waals surface area contributed by atoms with Gasteiger partial charge in [-0.15, -0.1) is 12.4 Å². The minimum absolute atomic E-state index is 0. The third-order valence-electron chi connectivity index (χ3n) is 3.93. The zero-order valence-corrected chi connectivity index (χ0v) is 15.7. The summed E-state index contributed by atoms with van der Waals surface area (Å²) in [7, 11) is 0. The first-order valence-corrected chi connectivity index (χ1v) is 8.40. The summed E-state index contributed by atoms with van der Waals surface area (Å²) >= 11 is 0. The highest BCUT2D eigenvalue weighted by Gasteiger charge is 2.14. The van der Waals surface area contributed by atoms with Gasteiger partial charge in [0.15, 0.2) is 0 Å². The Morgan fingerprint density at radius 1 is 1.12 bits per heavy atom. The van der Waals surface area contributed by atoms with E-state index >= 15 is 0 Å². The fourth-order valence-electron chi connectivity index (χ4n) is 2.62. The predicted molar refractivity (Wildman–Crippen MR) is 107 cm³/mol. The summed E-state index contributed by atoms with van der Waals surface area (Å²) in [5.41, 5.74) is 4.12. The molecule has 3 aromatic rings. The number of aryl methyl sites for hydroxylation is 1. The van der Waals surface area contributed by atoms with E-state index in [0.717, 1.165) is 30.0 Å². The molecule has 3 rings (SSSR count). The summed E-state index contributed by atoms with van der Waals surface area (Å²) in [6.07, 6.45) is 1.77. The fraction of sp³-hybridized carbons (Fsp3) is 0.200. The third-order valence-corrected chi connectivity index (χ3v) is 3.93. The molecule has 0 bridgehead atoms. The summed E-state index contributed by atoms with van der Waals surface area (Å²) < 4.78 is 1.73. The van der Waals surface area contributed by atoms with Gasteiger partial charge in [-0.2, -0.15) is 5.10 Å². The maximum Gasteiger partial charge on any atom is 0.259 e. The van der Waals surface area contributed by atoms with Crippen LogP contribution in [0.3, 0.4) is 0 Å². The molecular weight excluding hydrogens is 348 g/mol. The van der Waals surface area contributed by atoms with E-state index in [-0.39, 0.29) is 18.3 Å². The number of aromatic nitrogens is 2. The Morgan fingerprint density at radius 2 is 1.88 bits per heavy atom. The Morgan fingerprint density at radius 3 is 2.62 bits per heavy atom. The molecule has 0 saturated heterocycles. The Hall–Kier alpha value is -2.63. The van der Waals surface area contributed by atoms with Crippen molar-refractivity contribution >= 4 is 24.0 Å². The molecule has 0 fully saturated rings. The lowest BCUT2D eigenvalue weighted by molar-refractivity contribution is 0.102. The highest BCUT2D eigenvalue weighted by Crippen LogP contribution is 2.16. The van der Waals surface area contributed by atoms with E-state index in [2.05, 4.69) is 22.7 Å². The molecule has 0 saturated carbocycles. The monoisotopic (exact) mass is 370 g/mol. The number of benzene rings is 2. The van der Waals surface area contributed by atoms with Crippen LogP contribution >= 0.6 is 12.4 Å². The Bertz CT molecular complexity index is 861. The summed E-state index contributed by atoms with van der Waals surface area (Å²) in [6.45, 7) is 5.61. The third kappa shape index (κ3) is 4.71. The lowest BCUT2D eigenvalue weighted by Gasteiger charge is -2.07. The van der Waals surface area contributed by atoms with Crippen molar-refractivity contribution < 1.29 is 4.79 Å². The molecule has 0 aliphatic carbocycles. The van der Waals surface area contributed by atoms with E-state index in [0.29, 0.717) is 11.3 Å². The molecule has 5 nitrogen and oxygen atoms in total. The number of nitrogens with one attached hydrogen (secondary N) is 2. The Kier molecular flexibility index (Phi) is 6.95. The highest BCUT2D eigenvalue weighted by atomic mass is 35.5. The molecule has 0 aliphatic rings. The van der Waals surface area contributed by atoms with Crippen molar-refractivity contribution in [3.8, 4) is 5.69 Å². The van der Waals surface area contributed by atoms with Gasteiger partial charge in [0.2, 0.25) is 0 Å². The molecule has 0 atom stereocenters. The maximum atomic E-state index is 12.6. The maximum absolute atomic E-state index is 12.6. The summed E-state index contributed by atoms with van der Waals surface area (Å²) in [5, 5.41) is 10.7. The predicted octanol–water partition coefficient (Wildman–Crippen LogP) is 3.96. The van der Waals surface area contributed by atoms with Gasteiger partial charge in [-0.1, -0.05) is 37.3 Å². The molecule has 2 N–H and O–H groups in total. The van der Waals surface area contributed by atoms with E-state index < -0.39 is 0 Å². The lowest BCUT2D eigenvalue weighted by atomic mass is 10.2. The lowest BCUT2D eigenvalue weighted by Crippen LogP contribution is -2.14. The van der Waals surface area contributed by atoms with E-state index in [4.69, 9.17) is 0 Å². The van der Waals surface area contributed by atoms with E-state index in [9.17, 15) is 4.79 Å². The van der Waals surface area contributed by atoms with Crippen LogP contribution in [0.2, 0.25) is 0 Å². The molecule has 1 aromatic heterocycles. The van der Waals surface area contributed by atoms with Gasteiger partial charge in [0.1, 0.15) is 0 Å². The summed E-state index contributed by atoms with van der Waals surface area (Å²) in [5.74, 6) is -0.153. The summed E-state index contributed by atoms with van der Waals surface area (Å²) in [6, 6.07) is 17.6. The number of para-hydroxylation sites is 1. The SMILES string of the molecule is CCNCc1cccc(NC(=O)c2cn(-c3ccccc3)nc2C)c1.Cl. The Labute approximate surface area is 159 Å². The number of nitrogens with zero attached hydrogens (tertiary/aromatic N) is 2. The van der Waals surface area contributed by atoms with Crippen LogP contribution in [-0.2, 0) is 6.54 Å². The molecule has 2 aromatic carbocycles. The van der Waals surface area contributed by atoms with Gasteiger partial charge >= 0.3 is 0 Å². The molecule has 136 valence electrons. The molecule has 0 spiro atoms. The van der Waals surface area contributed by atoms with Crippen LogP contribution in [0.5, 0.6) is 0 Å². The summed E-state index contributed by atoms with van der Waals surface area (Å²) in [4.78, 5) is 12.6. The normalized spacial score (nSPS) is 10.2. The van der Waals surface area contributed by atoms with Crippen molar-refractivity contribution in [3.05, 3.63) is 77.6 Å². The van der Waals surface area contributed by atoms with Crippen LogP contribution < -0.4 is 10.6 Å². The number of hydrogen-bond acceptors (Lipinski definition) is 3. The van der Waals surface area contributed by atoms with E-state index in [1.54, 1.807) is 10.9 Å². The zero-order chi connectivity index (χ0) is 17.6. The van der Waals surface area contributed by atoms with Crippen LogP contribution in [0.1, 0.15) is 28.5 Å². The number of hydrogen-bond donors (Lipinski definition) is 2. The van der Waals surface area contributed by atoms with Gasteiger partial charge in [0, 0.05) is 18.4 Å². The molecule has 26 heavy (non-hydrogen) atoms. The quantitative estimate of drug-likeness (QED) is 0.690. The minimum atomic E-state index is -0.153. The molecular formula is C20H23ClN4O. The first-order chi connectivity index (χ1) is 12.2. The number of carbonyl (C=O) groups excluding carboxylic acids is 1. The van der Waals surface area contributed by atoms with Crippen molar-refractivity contribution in [3.63, 3.8) is 0 Å². The number of amides is 1. The van der Waals surface area contributed by atoms with Crippen molar-refractivity contribution in [2.24, 2.45) is 0 Å². The van der Waals surface area contributed by atoms with Crippen molar-refractivity contribution in [1.82, 2.24) is 15.1 Å². The largest absolute Gasteiger partial charge is 0.322 e. The van der Waals surface area contributed by atoms with Gasteiger partial charge in [-0.05, 0) is 43.3 Å². The van der Waals surface area contributed by atoms with Gasteiger partial charge in [-0.3, -0.25) is 4.79 Å². The second-order valence-corrected chi connectivity index (χ2v) is 5.84. The van der Waals surface area contributed by atoms with Crippen molar-refractivity contribution in [2.45, 2.75) is 20.4 Å². The van der Waals surface area contributed by atoms with Gasteiger partial charge in [0.25, 0.3) is 5.91 Å². The fourth-order valence-corrected chi connectivity index (χ4v) is 2.62. The second-order valence-electron chi connectivity index (χ2n) is 5.84. The van der Waals surface area contributed by atoms with Gasteiger partial charge < -0.3 is 10.6 Å². The van der Waals surface area contributed by atoms with E-state index in [1.165, 1.54) is 0 Å². The topological polar surface area (TPSA) is 58.9 Å². The Balaban J connectivity index is 0.00000243. The minimum Gasteiger partial charge on any atom is -0.322 e. The van der Waals surface area contributed by atoms with Crippen LogP contribution in [-0.4, -0.2) is 22.2 Å². The zero-order valence-electron chi connectivity index (χ0n) is 14.9. The first-order valence-electron chi connectivity index (χ1n) is 8.40. The first kappa shape index (κ1) is 19.7.